The Balaban J connectivity index is 0.000000382. The number of anilines is 1. The van der Waals surface area contributed by atoms with E-state index in [4.69, 9.17) is 15.6 Å². The zero-order chi connectivity index (χ0) is 16.5. The predicted molar refractivity (Wildman–Crippen MR) is 81.3 cm³/mol. The summed E-state index contributed by atoms with van der Waals surface area (Å²) in [6.45, 7) is 5.42. The van der Waals surface area contributed by atoms with Crippen molar-refractivity contribution in [3.63, 3.8) is 0 Å². The van der Waals surface area contributed by atoms with E-state index in [-0.39, 0.29) is 11.5 Å². The largest absolute Gasteiger partial charge is 0.444 e. The van der Waals surface area contributed by atoms with Gasteiger partial charge in [0.2, 0.25) is 0 Å². The van der Waals surface area contributed by atoms with Gasteiger partial charge in [0.25, 0.3) is 5.69 Å². The van der Waals surface area contributed by atoms with Gasteiger partial charge in [-0.2, -0.15) is 0 Å². The number of hydrogen-bond donors (Lipinski definition) is 3. The molecule has 0 bridgehead atoms. The summed E-state index contributed by atoms with van der Waals surface area (Å²) in [6.07, 6.45) is 0.686. The van der Waals surface area contributed by atoms with E-state index in [1.807, 2.05) is 20.8 Å². The summed E-state index contributed by atoms with van der Waals surface area (Å²) < 4.78 is 4.92. The van der Waals surface area contributed by atoms with E-state index in [0.717, 1.165) is 18.1 Å². The Hall–Kier alpha value is -2.07. The third-order valence-corrected chi connectivity index (χ3v) is 1.99. The van der Waals surface area contributed by atoms with Gasteiger partial charge in [-0.05, 0) is 26.8 Å². The molecule has 1 aromatic rings. The molecule has 0 spiro atoms. The van der Waals surface area contributed by atoms with Crippen LogP contribution in [0.5, 0.6) is 0 Å². The first-order valence-corrected chi connectivity index (χ1v) is 6.85. The molecule has 21 heavy (non-hydrogen) atoms. The molecule has 1 amide bonds. The van der Waals surface area contributed by atoms with Crippen LogP contribution in [0.4, 0.5) is 16.3 Å². The number of carbonyl (C=O) groups excluding carboxylic acids is 1. The number of alkyl carbamates (subject to hydrolysis) is 1. The van der Waals surface area contributed by atoms with Crippen molar-refractivity contribution in [3.8, 4) is 0 Å². The first-order valence-electron chi connectivity index (χ1n) is 5.80. The topological polar surface area (TPSA) is 146 Å². The molecule has 9 nitrogen and oxygen atoms in total. The Kier molecular flexibility index (Phi) is 8.09. The van der Waals surface area contributed by atoms with Crippen LogP contribution in [-0.2, 0) is 4.74 Å². The highest BCUT2D eigenvalue weighted by Crippen LogP contribution is 2.08. The highest BCUT2D eigenvalue weighted by Gasteiger charge is 2.15. The number of nitro groups is 1. The number of pyridine rings is 1. The van der Waals surface area contributed by atoms with Gasteiger partial charge in [-0.15, -0.1) is 0 Å². The van der Waals surface area contributed by atoms with Gasteiger partial charge >= 0.3 is 6.09 Å². The molecular formula is C11H19N5O4S. The standard InChI is InChI=1S/C6H14N2O2S.C5H5N3O2/c1-6(2,3)10-5(9)8-4-11-7;6-5-2-1-4(3-7-5)8(9)10/h4,7H2,1-3H3,(H,8,9);1-3H,(H2,6,7). The Labute approximate surface area is 126 Å². The maximum Gasteiger partial charge on any atom is 0.408 e. The number of nitrogens with two attached hydrogens (primary N) is 2. The number of nitrogen functional groups attached to an aromatic ring is 1. The van der Waals surface area contributed by atoms with Crippen LogP contribution >= 0.6 is 11.9 Å². The van der Waals surface area contributed by atoms with Gasteiger partial charge in [-0.1, -0.05) is 11.9 Å². The van der Waals surface area contributed by atoms with Gasteiger partial charge < -0.3 is 15.8 Å². The van der Waals surface area contributed by atoms with Crippen molar-refractivity contribution in [1.82, 2.24) is 10.3 Å². The van der Waals surface area contributed by atoms with Crippen molar-refractivity contribution in [1.29, 1.82) is 0 Å². The minimum atomic E-state index is -0.521. The molecular weight excluding hydrogens is 298 g/mol. The van der Waals surface area contributed by atoms with Crippen molar-refractivity contribution in [2.45, 2.75) is 26.4 Å². The molecule has 118 valence electrons. The number of ether oxygens (including phenoxy) is 1. The summed E-state index contributed by atoms with van der Waals surface area (Å²) in [7, 11) is 0. The molecule has 0 unspecified atom stereocenters. The van der Waals surface area contributed by atoms with Crippen LogP contribution in [0.15, 0.2) is 18.3 Å². The molecule has 0 atom stereocenters. The number of aromatic nitrogens is 1. The lowest BCUT2D eigenvalue weighted by atomic mass is 10.2. The van der Waals surface area contributed by atoms with Gasteiger partial charge in [0.15, 0.2) is 0 Å². The highest BCUT2D eigenvalue weighted by molar-refractivity contribution is 7.97. The monoisotopic (exact) mass is 317 g/mol. The number of carbonyl (C=O) groups is 1. The zero-order valence-electron chi connectivity index (χ0n) is 12.0. The second kappa shape index (κ2) is 8.97. The quantitative estimate of drug-likeness (QED) is 0.330. The minimum Gasteiger partial charge on any atom is -0.444 e. The first-order chi connectivity index (χ1) is 9.65. The average Bonchev–Trinajstić information content (AvgIpc) is 2.35. The molecule has 10 heteroatoms. The zero-order valence-corrected chi connectivity index (χ0v) is 12.8. The van der Waals surface area contributed by atoms with Crippen LogP contribution in [0.3, 0.4) is 0 Å². The van der Waals surface area contributed by atoms with Crippen LogP contribution in [-0.4, -0.2) is 27.5 Å². The van der Waals surface area contributed by atoms with Crippen LogP contribution in [0.25, 0.3) is 0 Å². The molecule has 0 saturated heterocycles. The van der Waals surface area contributed by atoms with E-state index in [1.54, 1.807) is 0 Å². The summed E-state index contributed by atoms with van der Waals surface area (Å²) >= 11 is 1.04. The van der Waals surface area contributed by atoms with Crippen LogP contribution in [0, 0.1) is 10.1 Å². The molecule has 0 aromatic carbocycles. The maximum absolute atomic E-state index is 10.8. The van der Waals surface area contributed by atoms with E-state index < -0.39 is 16.6 Å². The second-order valence-corrected chi connectivity index (χ2v) is 5.31. The van der Waals surface area contributed by atoms with Crippen molar-refractivity contribution < 1.29 is 14.5 Å². The summed E-state index contributed by atoms with van der Waals surface area (Å²) in [5, 5.41) is 17.6. The van der Waals surface area contributed by atoms with Gasteiger partial charge in [-0.3, -0.25) is 15.3 Å². The fourth-order valence-electron chi connectivity index (χ4n) is 0.920. The molecule has 1 heterocycles. The van der Waals surface area contributed by atoms with Gasteiger partial charge in [0.1, 0.15) is 17.6 Å². The summed E-state index contributed by atoms with van der Waals surface area (Å²) in [5.74, 6) is 0.653. The predicted octanol–water partition coefficient (Wildman–Crippen LogP) is 1.65. The Morgan fingerprint density at radius 1 is 1.52 bits per heavy atom. The molecule has 1 aromatic heterocycles. The van der Waals surface area contributed by atoms with E-state index in [9.17, 15) is 14.9 Å². The molecule has 1 rings (SSSR count). The number of rotatable bonds is 3. The molecule has 0 saturated carbocycles. The van der Waals surface area contributed by atoms with Crippen molar-refractivity contribution in [2.24, 2.45) is 5.14 Å². The van der Waals surface area contributed by atoms with Crippen LogP contribution < -0.4 is 16.2 Å². The van der Waals surface area contributed by atoms with Gasteiger partial charge in [-0.25, -0.2) is 9.78 Å². The number of hydrogen-bond acceptors (Lipinski definition) is 8. The van der Waals surface area contributed by atoms with Crippen molar-refractivity contribution >= 4 is 29.5 Å². The number of nitrogens with zero attached hydrogens (tertiary/aromatic N) is 2. The normalized spacial score (nSPS) is 10.1. The maximum atomic E-state index is 10.8. The smallest absolute Gasteiger partial charge is 0.408 e. The van der Waals surface area contributed by atoms with E-state index in [0.29, 0.717) is 5.88 Å². The molecule has 5 N–H and O–H groups in total. The Morgan fingerprint density at radius 3 is 2.52 bits per heavy atom. The molecule has 0 fully saturated rings. The van der Waals surface area contributed by atoms with Crippen LogP contribution in [0.2, 0.25) is 0 Å². The number of amides is 1. The van der Waals surface area contributed by atoms with Crippen molar-refractivity contribution in [2.75, 3.05) is 11.6 Å². The lowest BCUT2D eigenvalue weighted by Crippen LogP contribution is -2.32. The molecule has 0 aliphatic carbocycles. The Morgan fingerprint density at radius 2 is 2.14 bits per heavy atom. The SMILES string of the molecule is CC(C)(C)OC(=O)NCSN.Nc1ccc([N+](=O)[O-])cn1. The Bertz CT molecular complexity index is 461. The molecule has 0 aliphatic heterocycles. The van der Waals surface area contributed by atoms with Crippen LogP contribution in [0.1, 0.15) is 20.8 Å². The summed E-state index contributed by atoms with van der Waals surface area (Å²) in [5.41, 5.74) is 4.70. The number of nitrogens with one attached hydrogen (secondary N) is 1. The summed E-state index contributed by atoms with van der Waals surface area (Å²) in [4.78, 5) is 23.9. The lowest BCUT2D eigenvalue weighted by Gasteiger charge is -2.19. The van der Waals surface area contributed by atoms with E-state index in [1.165, 1.54) is 12.1 Å². The first kappa shape index (κ1) is 18.9. The second-order valence-electron chi connectivity index (χ2n) is 4.69. The van der Waals surface area contributed by atoms with Gasteiger partial charge in [0.05, 0.1) is 10.8 Å². The third-order valence-electron chi connectivity index (χ3n) is 1.68. The van der Waals surface area contributed by atoms with E-state index >= 15 is 0 Å². The minimum absolute atomic E-state index is 0.0470. The van der Waals surface area contributed by atoms with Gasteiger partial charge in [0, 0.05) is 6.07 Å². The lowest BCUT2D eigenvalue weighted by molar-refractivity contribution is -0.385. The third kappa shape index (κ3) is 10.4. The highest BCUT2D eigenvalue weighted by atomic mass is 32.2. The van der Waals surface area contributed by atoms with Crippen molar-refractivity contribution in [3.05, 3.63) is 28.4 Å². The molecule has 0 aliphatic rings. The fraction of sp³-hybridized carbons (Fsp3) is 0.455. The molecule has 0 radical (unpaired) electrons. The summed E-state index contributed by atoms with van der Waals surface area (Å²) in [6, 6.07) is 2.69. The van der Waals surface area contributed by atoms with E-state index in [2.05, 4.69) is 10.3 Å². The average molecular weight is 317 g/mol. The fourth-order valence-corrected chi connectivity index (χ4v) is 1.12.